The SMILES string of the molecule is CC(CN(C)C)n1c(N)nc2cc(Br)c(F)cc21. The third-order valence-electron chi connectivity index (χ3n) is 2.83. The molecule has 0 aliphatic carbocycles. The second-order valence-electron chi connectivity index (χ2n) is 4.71. The molecule has 0 fully saturated rings. The number of benzene rings is 1. The summed E-state index contributed by atoms with van der Waals surface area (Å²) in [5.41, 5.74) is 7.35. The molecule has 1 aromatic heterocycles. The van der Waals surface area contributed by atoms with Crippen molar-refractivity contribution in [3.05, 3.63) is 22.4 Å². The van der Waals surface area contributed by atoms with Crippen LogP contribution in [-0.2, 0) is 0 Å². The molecule has 0 aliphatic heterocycles. The predicted molar refractivity (Wildman–Crippen MR) is 75.1 cm³/mol. The van der Waals surface area contributed by atoms with E-state index in [4.69, 9.17) is 5.73 Å². The highest BCUT2D eigenvalue weighted by Crippen LogP contribution is 2.27. The Hall–Kier alpha value is -1.14. The predicted octanol–water partition coefficient (Wildman–Crippen LogP) is 2.64. The van der Waals surface area contributed by atoms with E-state index in [0.29, 0.717) is 15.9 Å². The number of nitrogens with zero attached hydrogens (tertiary/aromatic N) is 3. The normalized spacial score (nSPS) is 13.4. The van der Waals surface area contributed by atoms with Gasteiger partial charge in [-0.15, -0.1) is 0 Å². The molecule has 0 bridgehead atoms. The van der Waals surface area contributed by atoms with Gasteiger partial charge in [-0.05, 0) is 43.0 Å². The largest absolute Gasteiger partial charge is 0.369 e. The molecule has 2 aromatic rings. The van der Waals surface area contributed by atoms with Crippen LogP contribution in [0.2, 0.25) is 0 Å². The van der Waals surface area contributed by atoms with Crippen molar-refractivity contribution in [3.63, 3.8) is 0 Å². The van der Waals surface area contributed by atoms with E-state index < -0.39 is 0 Å². The molecule has 1 atom stereocenters. The lowest BCUT2D eigenvalue weighted by atomic mass is 10.2. The quantitative estimate of drug-likeness (QED) is 0.947. The fraction of sp³-hybridized carbons (Fsp3) is 0.417. The molecular formula is C12H16BrFN4. The van der Waals surface area contributed by atoms with Crippen molar-refractivity contribution in [2.75, 3.05) is 26.4 Å². The molecule has 0 saturated heterocycles. The zero-order valence-corrected chi connectivity index (χ0v) is 12.2. The number of hydrogen-bond donors (Lipinski definition) is 1. The number of nitrogens with two attached hydrogens (primary N) is 1. The average molecular weight is 315 g/mol. The summed E-state index contributed by atoms with van der Waals surface area (Å²) in [6.07, 6.45) is 0. The number of likely N-dealkylation sites (N-methyl/N-ethyl adjacent to an activating group) is 1. The van der Waals surface area contributed by atoms with Gasteiger partial charge in [0.1, 0.15) is 5.82 Å². The first kappa shape index (κ1) is 13.3. The summed E-state index contributed by atoms with van der Waals surface area (Å²) < 4.78 is 15.9. The number of nitrogen functional groups attached to an aromatic ring is 1. The highest BCUT2D eigenvalue weighted by atomic mass is 79.9. The van der Waals surface area contributed by atoms with Crippen molar-refractivity contribution >= 4 is 32.9 Å². The average Bonchev–Trinajstić information content (AvgIpc) is 2.53. The topological polar surface area (TPSA) is 47.1 Å². The molecule has 98 valence electrons. The van der Waals surface area contributed by atoms with E-state index in [1.54, 1.807) is 6.07 Å². The minimum absolute atomic E-state index is 0.130. The van der Waals surface area contributed by atoms with Crippen LogP contribution in [0.4, 0.5) is 10.3 Å². The van der Waals surface area contributed by atoms with E-state index >= 15 is 0 Å². The van der Waals surface area contributed by atoms with Gasteiger partial charge in [0.25, 0.3) is 0 Å². The number of imidazole rings is 1. The zero-order valence-electron chi connectivity index (χ0n) is 10.6. The molecule has 1 unspecified atom stereocenters. The highest BCUT2D eigenvalue weighted by molar-refractivity contribution is 9.10. The lowest BCUT2D eigenvalue weighted by Crippen LogP contribution is -2.23. The highest BCUT2D eigenvalue weighted by Gasteiger charge is 2.16. The molecule has 1 aromatic carbocycles. The fourth-order valence-electron chi connectivity index (χ4n) is 2.18. The maximum Gasteiger partial charge on any atom is 0.201 e. The van der Waals surface area contributed by atoms with Crippen molar-refractivity contribution in [3.8, 4) is 0 Å². The van der Waals surface area contributed by atoms with E-state index in [0.717, 1.165) is 12.1 Å². The summed E-state index contributed by atoms with van der Waals surface area (Å²) in [6, 6.07) is 3.25. The number of anilines is 1. The number of halogens is 2. The molecule has 2 N–H and O–H groups in total. The minimum Gasteiger partial charge on any atom is -0.369 e. The van der Waals surface area contributed by atoms with Gasteiger partial charge in [0.05, 0.1) is 15.5 Å². The maximum atomic E-state index is 13.6. The molecule has 0 spiro atoms. The zero-order chi connectivity index (χ0) is 13.4. The minimum atomic E-state index is -0.305. The van der Waals surface area contributed by atoms with Crippen LogP contribution in [0.1, 0.15) is 13.0 Å². The number of hydrogen-bond acceptors (Lipinski definition) is 3. The van der Waals surface area contributed by atoms with Gasteiger partial charge < -0.3 is 15.2 Å². The van der Waals surface area contributed by atoms with Crippen LogP contribution in [0, 0.1) is 5.82 Å². The molecule has 6 heteroatoms. The molecule has 18 heavy (non-hydrogen) atoms. The molecule has 4 nitrogen and oxygen atoms in total. The number of fused-ring (bicyclic) bond motifs is 1. The molecular weight excluding hydrogens is 299 g/mol. The molecule has 0 radical (unpaired) electrons. The first-order chi connectivity index (χ1) is 8.40. The van der Waals surface area contributed by atoms with Crippen molar-refractivity contribution in [2.24, 2.45) is 0 Å². The molecule has 0 amide bonds. The summed E-state index contributed by atoms with van der Waals surface area (Å²) in [7, 11) is 3.98. The van der Waals surface area contributed by atoms with E-state index in [1.165, 1.54) is 6.07 Å². The Morgan fingerprint density at radius 3 is 2.78 bits per heavy atom. The molecule has 0 aliphatic rings. The standard InChI is InChI=1S/C12H16BrFN4/c1-7(6-17(2)3)18-11-5-9(14)8(13)4-10(11)16-12(18)15/h4-5,7H,6H2,1-3H3,(H2,15,16). The van der Waals surface area contributed by atoms with Gasteiger partial charge in [0.15, 0.2) is 0 Å². The Bertz CT molecular complexity index is 579. The first-order valence-electron chi connectivity index (χ1n) is 5.67. The lowest BCUT2D eigenvalue weighted by molar-refractivity contribution is 0.342. The Labute approximate surface area is 114 Å². The Morgan fingerprint density at radius 1 is 1.50 bits per heavy atom. The van der Waals surface area contributed by atoms with Crippen LogP contribution in [0.25, 0.3) is 11.0 Å². The van der Waals surface area contributed by atoms with Crippen LogP contribution in [0.15, 0.2) is 16.6 Å². The van der Waals surface area contributed by atoms with Crippen molar-refractivity contribution in [2.45, 2.75) is 13.0 Å². The van der Waals surface area contributed by atoms with E-state index in [9.17, 15) is 4.39 Å². The van der Waals surface area contributed by atoms with E-state index in [2.05, 4.69) is 25.8 Å². The second-order valence-corrected chi connectivity index (χ2v) is 5.56. The Kier molecular flexibility index (Phi) is 3.59. The summed E-state index contributed by atoms with van der Waals surface area (Å²) in [6.45, 7) is 2.85. The van der Waals surface area contributed by atoms with Crippen LogP contribution in [0.5, 0.6) is 0 Å². The summed E-state index contributed by atoms with van der Waals surface area (Å²) in [5.74, 6) is 0.109. The van der Waals surface area contributed by atoms with E-state index in [-0.39, 0.29) is 11.9 Å². The maximum absolute atomic E-state index is 13.6. The van der Waals surface area contributed by atoms with E-state index in [1.807, 2.05) is 25.6 Å². The van der Waals surface area contributed by atoms with Gasteiger partial charge in [-0.2, -0.15) is 0 Å². The van der Waals surface area contributed by atoms with Crippen LogP contribution in [0.3, 0.4) is 0 Å². The number of aromatic nitrogens is 2. The smallest absolute Gasteiger partial charge is 0.201 e. The number of rotatable bonds is 3. The van der Waals surface area contributed by atoms with Gasteiger partial charge in [0, 0.05) is 18.7 Å². The Morgan fingerprint density at radius 2 is 2.17 bits per heavy atom. The molecule has 2 rings (SSSR count). The summed E-state index contributed by atoms with van der Waals surface area (Å²) in [5, 5.41) is 0. The van der Waals surface area contributed by atoms with Gasteiger partial charge in [-0.25, -0.2) is 9.37 Å². The van der Waals surface area contributed by atoms with Crippen LogP contribution < -0.4 is 5.73 Å². The van der Waals surface area contributed by atoms with Crippen LogP contribution in [-0.4, -0.2) is 35.1 Å². The van der Waals surface area contributed by atoms with Crippen LogP contribution >= 0.6 is 15.9 Å². The van der Waals surface area contributed by atoms with Crippen molar-refractivity contribution < 1.29 is 4.39 Å². The van der Waals surface area contributed by atoms with Gasteiger partial charge >= 0.3 is 0 Å². The van der Waals surface area contributed by atoms with Gasteiger partial charge in [-0.1, -0.05) is 0 Å². The third-order valence-corrected chi connectivity index (χ3v) is 3.44. The summed E-state index contributed by atoms with van der Waals surface area (Å²) in [4.78, 5) is 6.33. The van der Waals surface area contributed by atoms with Gasteiger partial charge in [-0.3, -0.25) is 0 Å². The second kappa shape index (κ2) is 4.85. The van der Waals surface area contributed by atoms with Crippen molar-refractivity contribution in [1.29, 1.82) is 0 Å². The molecule has 0 saturated carbocycles. The first-order valence-corrected chi connectivity index (χ1v) is 6.46. The lowest BCUT2D eigenvalue weighted by Gasteiger charge is -2.20. The molecule has 1 heterocycles. The summed E-state index contributed by atoms with van der Waals surface area (Å²) >= 11 is 3.15. The fourth-order valence-corrected chi connectivity index (χ4v) is 2.51. The van der Waals surface area contributed by atoms with Gasteiger partial charge in [0.2, 0.25) is 5.95 Å². The third kappa shape index (κ3) is 2.35. The monoisotopic (exact) mass is 314 g/mol. The Balaban J connectivity index is 2.56. The van der Waals surface area contributed by atoms with Crippen molar-refractivity contribution in [1.82, 2.24) is 14.5 Å².